The van der Waals surface area contributed by atoms with Crippen molar-refractivity contribution in [2.45, 2.75) is 45.6 Å². The first-order valence-corrected chi connectivity index (χ1v) is 11.5. The Morgan fingerprint density at radius 3 is 2.70 bits per heavy atom. The number of ether oxygens (including phenoxy) is 2. The summed E-state index contributed by atoms with van der Waals surface area (Å²) in [5, 5.41) is 0. The van der Waals surface area contributed by atoms with Crippen LogP contribution in [0, 0.1) is 5.41 Å². The summed E-state index contributed by atoms with van der Waals surface area (Å²) in [7, 11) is 1.65. The molecule has 1 aromatic carbocycles. The molecule has 30 heavy (non-hydrogen) atoms. The van der Waals surface area contributed by atoms with Gasteiger partial charge in [-0.15, -0.1) is 11.3 Å². The van der Waals surface area contributed by atoms with E-state index < -0.39 is 5.41 Å². The highest BCUT2D eigenvalue weighted by Crippen LogP contribution is 2.37. The van der Waals surface area contributed by atoms with Crippen LogP contribution in [0.1, 0.15) is 52.7 Å². The number of hydrogen-bond donors (Lipinski definition) is 0. The molecule has 1 atom stereocenters. The smallest absolute Gasteiger partial charge is 0.313 e. The predicted molar refractivity (Wildman–Crippen MR) is 119 cm³/mol. The standard InChI is InChI=1S/C24H31NO4S/c1-3-29-23(27)24(14-7-11-19-9-5-4-6-10-19)15-8-16-25(18-24)22(26)21-13-12-20(30-21)17-28-2/h4-6,9-10,12-13H,3,7-8,11,14-18H2,1-2H3/t24-/m0/s1. The van der Waals surface area contributed by atoms with E-state index in [2.05, 4.69) is 12.1 Å². The largest absolute Gasteiger partial charge is 0.466 e. The Hall–Kier alpha value is -2.18. The Kier molecular flexibility index (Phi) is 8.05. The number of amides is 1. The maximum Gasteiger partial charge on any atom is 0.313 e. The Morgan fingerprint density at radius 2 is 1.97 bits per heavy atom. The molecular formula is C24H31NO4S. The second-order valence-corrected chi connectivity index (χ2v) is 9.04. The van der Waals surface area contributed by atoms with E-state index in [1.807, 2.05) is 42.2 Å². The minimum absolute atomic E-state index is 0.00112. The molecule has 0 spiro atoms. The van der Waals surface area contributed by atoms with Gasteiger partial charge < -0.3 is 14.4 Å². The number of likely N-dealkylation sites (tertiary alicyclic amines) is 1. The molecule has 1 amide bonds. The van der Waals surface area contributed by atoms with Crippen LogP contribution in [0.2, 0.25) is 0 Å². The van der Waals surface area contributed by atoms with Crippen molar-refractivity contribution in [3.63, 3.8) is 0 Å². The van der Waals surface area contributed by atoms with Gasteiger partial charge in [0.1, 0.15) is 0 Å². The van der Waals surface area contributed by atoms with E-state index in [0.717, 1.165) is 37.0 Å². The number of esters is 1. The fourth-order valence-corrected chi connectivity index (χ4v) is 5.15. The summed E-state index contributed by atoms with van der Waals surface area (Å²) in [6.07, 6.45) is 4.11. The zero-order chi connectivity index (χ0) is 21.4. The molecule has 2 aromatic rings. The van der Waals surface area contributed by atoms with Crippen LogP contribution in [0.15, 0.2) is 42.5 Å². The van der Waals surface area contributed by atoms with Crippen LogP contribution in [0.25, 0.3) is 0 Å². The molecule has 1 saturated heterocycles. The SMILES string of the molecule is CCOC(=O)[C@@]1(CCCc2ccccc2)CCCN(C(=O)c2ccc(COC)s2)C1. The molecular weight excluding hydrogens is 398 g/mol. The first-order valence-electron chi connectivity index (χ1n) is 10.7. The maximum atomic E-state index is 13.1. The number of thiophene rings is 1. The third-order valence-electron chi connectivity index (χ3n) is 5.70. The first kappa shape index (κ1) is 22.5. The van der Waals surface area contributed by atoms with Crippen LogP contribution in [0.5, 0.6) is 0 Å². The van der Waals surface area contributed by atoms with Crippen LogP contribution in [-0.2, 0) is 27.3 Å². The van der Waals surface area contributed by atoms with Crippen molar-refractivity contribution >= 4 is 23.2 Å². The highest BCUT2D eigenvalue weighted by molar-refractivity contribution is 7.14. The Bertz CT molecular complexity index is 835. The van der Waals surface area contributed by atoms with Gasteiger partial charge in [0.25, 0.3) is 5.91 Å². The van der Waals surface area contributed by atoms with Crippen molar-refractivity contribution in [3.05, 3.63) is 57.8 Å². The van der Waals surface area contributed by atoms with Crippen LogP contribution in [0.3, 0.4) is 0 Å². The number of carbonyl (C=O) groups is 2. The van der Waals surface area contributed by atoms with Crippen molar-refractivity contribution in [3.8, 4) is 0 Å². The Morgan fingerprint density at radius 1 is 1.17 bits per heavy atom. The number of carbonyl (C=O) groups excluding carboxylic acids is 2. The zero-order valence-corrected chi connectivity index (χ0v) is 18.7. The van der Waals surface area contributed by atoms with Crippen LogP contribution < -0.4 is 0 Å². The summed E-state index contributed by atoms with van der Waals surface area (Å²) in [5.74, 6) is -0.166. The van der Waals surface area contributed by atoms with Crippen molar-refractivity contribution in [2.75, 3.05) is 26.8 Å². The number of benzene rings is 1. The van der Waals surface area contributed by atoms with Crippen molar-refractivity contribution < 1.29 is 19.1 Å². The summed E-state index contributed by atoms with van der Waals surface area (Å²) in [6, 6.07) is 14.1. The van der Waals surface area contributed by atoms with Crippen molar-refractivity contribution in [1.82, 2.24) is 4.90 Å². The average Bonchev–Trinajstić information content (AvgIpc) is 3.23. The Balaban J connectivity index is 1.71. The average molecular weight is 430 g/mol. The van der Waals surface area contributed by atoms with Gasteiger partial charge in [-0.25, -0.2) is 0 Å². The van der Waals surface area contributed by atoms with E-state index in [1.165, 1.54) is 16.9 Å². The topological polar surface area (TPSA) is 55.8 Å². The molecule has 6 heteroatoms. The lowest BCUT2D eigenvalue weighted by Gasteiger charge is -2.41. The summed E-state index contributed by atoms with van der Waals surface area (Å²) in [6.45, 7) is 3.81. The van der Waals surface area contributed by atoms with Gasteiger partial charge in [-0.3, -0.25) is 9.59 Å². The molecule has 1 fully saturated rings. The molecule has 5 nitrogen and oxygen atoms in total. The third kappa shape index (κ3) is 5.49. The number of rotatable bonds is 9. The van der Waals surface area contributed by atoms with Gasteiger partial charge in [0, 0.05) is 25.1 Å². The van der Waals surface area contributed by atoms with Crippen molar-refractivity contribution in [1.29, 1.82) is 0 Å². The van der Waals surface area contributed by atoms with Gasteiger partial charge >= 0.3 is 5.97 Å². The monoisotopic (exact) mass is 429 g/mol. The summed E-state index contributed by atoms with van der Waals surface area (Å²) in [5.41, 5.74) is 0.648. The summed E-state index contributed by atoms with van der Waals surface area (Å²) in [4.78, 5) is 29.7. The van der Waals surface area contributed by atoms with Crippen molar-refractivity contribution in [2.24, 2.45) is 5.41 Å². The van der Waals surface area contributed by atoms with Gasteiger partial charge in [-0.05, 0) is 56.7 Å². The van der Waals surface area contributed by atoms with Gasteiger partial charge in [-0.1, -0.05) is 30.3 Å². The van der Waals surface area contributed by atoms with E-state index in [0.29, 0.717) is 31.2 Å². The lowest BCUT2D eigenvalue weighted by molar-refractivity contribution is -0.159. The molecule has 0 unspecified atom stereocenters. The van der Waals surface area contributed by atoms with Gasteiger partial charge in [0.15, 0.2) is 0 Å². The number of hydrogen-bond acceptors (Lipinski definition) is 5. The second-order valence-electron chi connectivity index (χ2n) is 7.87. The van der Waals surface area contributed by atoms with E-state index in [1.54, 1.807) is 7.11 Å². The van der Waals surface area contributed by atoms with Crippen LogP contribution >= 0.6 is 11.3 Å². The molecule has 0 radical (unpaired) electrons. The van der Waals surface area contributed by atoms with E-state index in [4.69, 9.17) is 9.47 Å². The molecule has 0 saturated carbocycles. The fourth-order valence-electron chi connectivity index (χ4n) is 4.21. The quantitative estimate of drug-likeness (QED) is 0.542. The highest BCUT2D eigenvalue weighted by atomic mass is 32.1. The first-order chi connectivity index (χ1) is 14.6. The number of methoxy groups -OCH3 is 1. The van der Waals surface area contributed by atoms with Gasteiger partial charge in [0.2, 0.25) is 0 Å². The molecule has 0 N–H and O–H groups in total. The number of piperidine rings is 1. The van der Waals surface area contributed by atoms with Crippen LogP contribution in [-0.4, -0.2) is 43.6 Å². The third-order valence-corrected chi connectivity index (χ3v) is 6.74. The molecule has 0 aliphatic carbocycles. The fraction of sp³-hybridized carbons (Fsp3) is 0.500. The predicted octanol–water partition coefficient (Wildman–Crippen LogP) is 4.70. The normalized spacial score (nSPS) is 18.9. The molecule has 162 valence electrons. The van der Waals surface area contributed by atoms with E-state index in [-0.39, 0.29) is 11.9 Å². The van der Waals surface area contributed by atoms with Crippen LogP contribution in [0.4, 0.5) is 0 Å². The lowest BCUT2D eigenvalue weighted by Crippen LogP contribution is -2.50. The molecule has 3 rings (SSSR count). The van der Waals surface area contributed by atoms with E-state index >= 15 is 0 Å². The number of aryl methyl sites for hydroxylation is 1. The summed E-state index contributed by atoms with van der Waals surface area (Å²) < 4.78 is 10.6. The van der Waals surface area contributed by atoms with Gasteiger partial charge in [0.05, 0.1) is 23.5 Å². The Labute approximate surface area is 183 Å². The molecule has 1 aliphatic heterocycles. The summed E-state index contributed by atoms with van der Waals surface area (Å²) >= 11 is 1.46. The zero-order valence-electron chi connectivity index (χ0n) is 17.9. The second kappa shape index (κ2) is 10.7. The maximum absolute atomic E-state index is 13.1. The highest BCUT2D eigenvalue weighted by Gasteiger charge is 2.44. The minimum atomic E-state index is -0.620. The van der Waals surface area contributed by atoms with Gasteiger partial charge in [-0.2, -0.15) is 0 Å². The molecule has 0 bridgehead atoms. The van der Waals surface area contributed by atoms with E-state index in [9.17, 15) is 9.59 Å². The minimum Gasteiger partial charge on any atom is -0.466 e. The molecule has 2 heterocycles. The molecule has 1 aliphatic rings. The number of nitrogens with zero attached hydrogens (tertiary/aromatic N) is 1. The molecule has 1 aromatic heterocycles. The lowest BCUT2D eigenvalue weighted by atomic mass is 9.75.